The molecule has 2 aromatic carbocycles. The Kier molecular flexibility index (Phi) is 2.76. The SMILES string of the molecule is O=C1Oc2ccccc2/C1=C\c1ccccc1Br. The van der Waals surface area contributed by atoms with Crippen LogP contribution in [0.3, 0.4) is 0 Å². The summed E-state index contributed by atoms with van der Waals surface area (Å²) in [5, 5.41) is 0. The maximum atomic E-state index is 11.8. The Morgan fingerprint density at radius 2 is 1.72 bits per heavy atom. The highest BCUT2D eigenvalue weighted by Gasteiger charge is 2.26. The number of hydrogen-bond acceptors (Lipinski definition) is 2. The molecule has 1 heterocycles. The van der Waals surface area contributed by atoms with Crippen LogP contribution < -0.4 is 4.74 Å². The zero-order chi connectivity index (χ0) is 12.5. The van der Waals surface area contributed by atoms with Gasteiger partial charge in [-0.1, -0.05) is 52.3 Å². The van der Waals surface area contributed by atoms with Gasteiger partial charge in [0.05, 0.1) is 5.57 Å². The van der Waals surface area contributed by atoms with Gasteiger partial charge in [-0.2, -0.15) is 0 Å². The number of carbonyl (C=O) groups excluding carboxylic acids is 1. The summed E-state index contributed by atoms with van der Waals surface area (Å²) < 4.78 is 6.16. The van der Waals surface area contributed by atoms with E-state index in [9.17, 15) is 4.79 Å². The molecule has 2 aromatic rings. The lowest BCUT2D eigenvalue weighted by Gasteiger charge is -1.99. The van der Waals surface area contributed by atoms with E-state index in [2.05, 4.69) is 15.9 Å². The number of fused-ring (bicyclic) bond motifs is 1. The van der Waals surface area contributed by atoms with Crippen molar-refractivity contribution in [3.63, 3.8) is 0 Å². The second kappa shape index (κ2) is 4.42. The molecule has 3 heteroatoms. The summed E-state index contributed by atoms with van der Waals surface area (Å²) >= 11 is 3.47. The van der Waals surface area contributed by atoms with E-state index in [-0.39, 0.29) is 5.97 Å². The molecular formula is C15H9BrO2. The van der Waals surface area contributed by atoms with Crippen molar-refractivity contribution in [3.8, 4) is 5.75 Å². The fourth-order valence-corrected chi connectivity index (χ4v) is 2.33. The van der Waals surface area contributed by atoms with Crippen LogP contribution in [0.2, 0.25) is 0 Å². The van der Waals surface area contributed by atoms with Gasteiger partial charge in [0.25, 0.3) is 0 Å². The average molecular weight is 301 g/mol. The van der Waals surface area contributed by atoms with E-state index in [1.807, 2.05) is 48.5 Å². The van der Waals surface area contributed by atoms with Crippen molar-refractivity contribution in [3.05, 3.63) is 64.1 Å². The predicted molar refractivity (Wildman–Crippen MR) is 74.1 cm³/mol. The molecule has 0 aliphatic carbocycles. The van der Waals surface area contributed by atoms with Crippen molar-refractivity contribution in [2.45, 2.75) is 0 Å². The Morgan fingerprint density at radius 3 is 2.56 bits per heavy atom. The fraction of sp³-hybridized carbons (Fsp3) is 0. The monoisotopic (exact) mass is 300 g/mol. The molecule has 1 aliphatic rings. The first-order chi connectivity index (χ1) is 8.75. The molecule has 0 unspecified atom stereocenters. The standard InChI is InChI=1S/C15H9BrO2/c16-13-7-3-1-5-10(13)9-12-11-6-2-4-8-14(11)18-15(12)17/h1-9H/b12-9+. The van der Waals surface area contributed by atoms with Crippen LogP contribution in [0, 0.1) is 0 Å². The molecule has 1 aliphatic heterocycles. The van der Waals surface area contributed by atoms with Crippen LogP contribution >= 0.6 is 15.9 Å². The number of carbonyl (C=O) groups is 1. The predicted octanol–water partition coefficient (Wildman–Crippen LogP) is 3.91. The van der Waals surface area contributed by atoms with Crippen molar-refractivity contribution in [1.82, 2.24) is 0 Å². The van der Waals surface area contributed by atoms with Crippen LogP contribution in [0.15, 0.2) is 53.0 Å². The van der Waals surface area contributed by atoms with Crippen molar-refractivity contribution in [2.24, 2.45) is 0 Å². The first kappa shape index (κ1) is 11.2. The van der Waals surface area contributed by atoms with Crippen molar-refractivity contribution in [2.75, 3.05) is 0 Å². The summed E-state index contributed by atoms with van der Waals surface area (Å²) in [5.41, 5.74) is 2.40. The van der Waals surface area contributed by atoms with E-state index < -0.39 is 0 Å². The number of ether oxygens (including phenoxy) is 1. The maximum Gasteiger partial charge on any atom is 0.344 e. The molecule has 2 nitrogen and oxygen atoms in total. The zero-order valence-electron chi connectivity index (χ0n) is 9.39. The third-order valence-corrected chi connectivity index (χ3v) is 3.53. The second-order valence-corrected chi connectivity index (χ2v) is 4.82. The van der Waals surface area contributed by atoms with Gasteiger partial charge in [0.1, 0.15) is 5.75 Å². The quantitative estimate of drug-likeness (QED) is 0.453. The molecule has 0 N–H and O–H groups in total. The number of esters is 1. The van der Waals surface area contributed by atoms with Crippen LogP contribution in [0.1, 0.15) is 11.1 Å². The van der Waals surface area contributed by atoms with Gasteiger partial charge in [0, 0.05) is 10.0 Å². The van der Waals surface area contributed by atoms with Gasteiger partial charge in [-0.25, -0.2) is 4.79 Å². The second-order valence-electron chi connectivity index (χ2n) is 3.97. The van der Waals surface area contributed by atoms with Crippen molar-refractivity contribution < 1.29 is 9.53 Å². The largest absolute Gasteiger partial charge is 0.422 e. The Labute approximate surface area is 113 Å². The van der Waals surface area contributed by atoms with E-state index in [4.69, 9.17) is 4.74 Å². The molecule has 0 saturated heterocycles. The minimum Gasteiger partial charge on any atom is -0.422 e. The summed E-state index contributed by atoms with van der Waals surface area (Å²) in [6, 6.07) is 15.2. The van der Waals surface area contributed by atoms with Gasteiger partial charge in [0.15, 0.2) is 0 Å². The normalized spacial score (nSPS) is 15.6. The maximum absolute atomic E-state index is 11.8. The molecule has 0 aromatic heterocycles. The topological polar surface area (TPSA) is 26.3 Å². The molecule has 0 atom stereocenters. The Bertz CT molecular complexity index is 659. The van der Waals surface area contributed by atoms with E-state index in [0.29, 0.717) is 11.3 Å². The highest BCUT2D eigenvalue weighted by Crippen LogP contribution is 2.35. The summed E-state index contributed by atoms with van der Waals surface area (Å²) in [6.07, 6.45) is 1.85. The number of benzene rings is 2. The third kappa shape index (κ3) is 1.87. The van der Waals surface area contributed by atoms with Crippen molar-refractivity contribution in [1.29, 1.82) is 0 Å². The molecule has 0 radical (unpaired) electrons. The van der Waals surface area contributed by atoms with Crippen LogP contribution in [0.25, 0.3) is 11.6 Å². The first-order valence-electron chi connectivity index (χ1n) is 5.53. The first-order valence-corrected chi connectivity index (χ1v) is 6.33. The molecule has 0 spiro atoms. The van der Waals surface area contributed by atoms with E-state index in [1.165, 1.54) is 0 Å². The lowest BCUT2D eigenvalue weighted by Crippen LogP contribution is -2.00. The molecule has 0 amide bonds. The average Bonchev–Trinajstić information content (AvgIpc) is 2.69. The van der Waals surface area contributed by atoms with Crippen molar-refractivity contribution >= 4 is 33.5 Å². The van der Waals surface area contributed by atoms with Gasteiger partial charge in [0.2, 0.25) is 0 Å². The molecule has 0 bridgehead atoms. The summed E-state index contributed by atoms with van der Waals surface area (Å²) in [5.74, 6) is 0.327. The summed E-state index contributed by atoms with van der Waals surface area (Å²) in [7, 11) is 0. The molecule has 88 valence electrons. The Hall–Kier alpha value is -1.87. The molecular weight excluding hydrogens is 292 g/mol. The number of para-hydroxylation sites is 1. The minimum absolute atomic E-state index is 0.299. The van der Waals surface area contributed by atoms with Crippen LogP contribution in [0.5, 0.6) is 5.75 Å². The van der Waals surface area contributed by atoms with Crippen LogP contribution in [0.4, 0.5) is 0 Å². The van der Waals surface area contributed by atoms with Crippen LogP contribution in [-0.2, 0) is 4.79 Å². The lowest BCUT2D eigenvalue weighted by atomic mass is 10.0. The Balaban J connectivity index is 2.13. The smallest absolute Gasteiger partial charge is 0.344 e. The molecule has 3 rings (SSSR count). The van der Waals surface area contributed by atoms with Gasteiger partial charge in [-0.3, -0.25) is 0 Å². The summed E-state index contributed by atoms with van der Waals surface area (Å²) in [4.78, 5) is 11.8. The molecule has 0 fully saturated rings. The lowest BCUT2D eigenvalue weighted by molar-refractivity contribution is -0.126. The molecule has 18 heavy (non-hydrogen) atoms. The third-order valence-electron chi connectivity index (χ3n) is 2.80. The van der Waals surface area contributed by atoms with Gasteiger partial charge in [-0.15, -0.1) is 0 Å². The van der Waals surface area contributed by atoms with Gasteiger partial charge in [-0.05, 0) is 23.8 Å². The van der Waals surface area contributed by atoms with E-state index >= 15 is 0 Å². The molecule has 0 saturated carbocycles. The number of halogens is 1. The van der Waals surface area contributed by atoms with Gasteiger partial charge < -0.3 is 4.74 Å². The summed E-state index contributed by atoms with van der Waals surface area (Å²) in [6.45, 7) is 0. The van der Waals surface area contributed by atoms with E-state index in [1.54, 1.807) is 6.07 Å². The minimum atomic E-state index is -0.299. The number of hydrogen-bond donors (Lipinski definition) is 0. The zero-order valence-corrected chi connectivity index (χ0v) is 11.0. The van der Waals surface area contributed by atoms with Crippen LogP contribution in [-0.4, -0.2) is 5.97 Å². The number of rotatable bonds is 1. The van der Waals surface area contributed by atoms with Gasteiger partial charge >= 0.3 is 5.97 Å². The Morgan fingerprint density at radius 1 is 1.00 bits per heavy atom. The highest BCUT2D eigenvalue weighted by atomic mass is 79.9. The van der Waals surface area contributed by atoms with E-state index in [0.717, 1.165) is 15.6 Å². The fourth-order valence-electron chi connectivity index (χ4n) is 1.93. The highest BCUT2D eigenvalue weighted by molar-refractivity contribution is 9.10.